The minimum atomic E-state index is 0.148. The van der Waals surface area contributed by atoms with E-state index in [0.29, 0.717) is 5.57 Å². The molecule has 0 atom stereocenters. The molecule has 0 radical (unpaired) electrons. The quantitative estimate of drug-likeness (QED) is 0.651. The maximum atomic E-state index is 11.6. The monoisotopic (exact) mass is 174 g/mol. The number of carbonyl (C=O) groups is 1. The molecule has 0 spiro atoms. The van der Waals surface area contributed by atoms with Gasteiger partial charge >= 0.3 is 0 Å². The normalized spacial score (nSPS) is 15.4. The topological polar surface area (TPSA) is 42.9 Å². The molecule has 1 aliphatic rings. The molecule has 0 amide bonds. The van der Waals surface area contributed by atoms with Crippen LogP contribution in [-0.4, -0.2) is 15.8 Å². The summed E-state index contributed by atoms with van der Waals surface area (Å²) < 4.78 is 0. The van der Waals surface area contributed by atoms with Crippen LogP contribution < -0.4 is 0 Å². The highest BCUT2D eigenvalue weighted by atomic mass is 16.1. The summed E-state index contributed by atoms with van der Waals surface area (Å²) in [7, 11) is 0. The standard InChI is InChI=1S/C10H10N2O/c1-7(10(13)8-2-3-8)9-4-11-6-12-5-9/h4-6,8H,1-3H2. The van der Waals surface area contributed by atoms with E-state index in [4.69, 9.17) is 0 Å². The van der Waals surface area contributed by atoms with Crippen LogP contribution in [0.25, 0.3) is 5.57 Å². The predicted octanol–water partition coefficient (Wildman–Crippen LogP) is 1.47. The van der Waals surface area contributed by atoms with Gasteiger partial charge in [-0.1, -0.05) is 6.58 Å². The van der Waals surface area contributed by atoms with Crippen LogP contribution in [0.4, 0.5) is 0 Å². The first-order valence-electron chi connectivity index (χ1n) is 4.27. The molecule has 0 aliphatic heterocycles. The van der Waals surface area contributed by atoms with Gasteiger partial charge in [0.05, 0.1) is 0 Å². The average molecular weight is 174 g/mol. The molecule has 0 aromatic carbocycles. The Balaban J connectivity index is 2.17. The average Bonchev–Trinajstić information content (AvgIpc) is 3.00. The van der Waals surface area contributed by atoms with Crippen LogP contribution in [0.15, 0.2) is 25.3 Å². The van der Waals surface area contributed by atoms with Crippen molar-refractivity contribution < 1.29 is 4.79 Å². The van der Waals surface area contributed by atoms with Crippen LogP contribution in [0.1, 0.15) is 18.4 Å². The van der Waals surface area contributed by atoms with E-state index >= 15 is 0 Å². The third-order valence-electron chi connectivity index (χ3n) is 2.15. The van der Waals surface area contributed by atoms with Crippen molar-refractivity contribution in [1.29, 1.82) is 0 Å². The number of allylic oxidation sites excluding steroid dienone is 1. The maximum Gasteiger partial charge on any atom is 0.166 e. The van der Waals surface area contributed by atoms with Crippen molar-refractivity contribution in [3.05, 3.63) is 30.9 Å². The minimum absolute atomic E-state index is 0.148. The number of hydrogen-bond donors (Lipinski definition) is 0. The number of rotatable bonds is 3. The summed E-state index contributed by atoms with van der Waals surface area (Å²) >= 11 is 0. The van der Waals surface area contributed by atoms with E-state index < -0.39 is 0 Å². The molecule has 3 nitrogen and oxygen atoms in total. The number of aromatic nitrogens is 2. The molecule has 1 aromatic rings. The molecule has 0 saturated heterocycles. The zero-order valence-electron chi connectivity index (χ0n) is 7.23. The third-order valence-corrected chi connectivity index (χ3v) is 2.15. The molecule has 1 aromatic heterocycles. The fourth-order valence-corrected chi connectivity index (χ4v) is 1.19. The Morgan fingerprint density at radius 2 is 2.00 bits per heavy atom. The van der Waals surface area contributed by atoms with Gasteiger partial charge in [-0.05, 0) is 12.8 Å². The minimum Gasteiger partial charge on any atom is -0.294 e. The lowest BCUT2D eigenvalue weighted by Crippen LogP contribution is -2.03. The van der Waals surface area contributed by atoms with Crippen LogP contribution in [-0.2, 0) is 4.79 Å². The van der Waals surface area contributed by atoms with Crippen LogP contribution >= 0.6 is 0 Å². The zero-order chi connectivity index (χ0) is 9.26. The molecule has 1 aliphatic carbocycles. The highest BCUT2D eigenvalue weighted by Gasteiger charge is 2.31. The van der Waals surface area contributed by atoms with Crippen LogP contribution in [0, 0.1) is 5.92 Å². The molecule has 1 heterocycles. The van der Waals surface area contributed by atoms with Crippen molar-refractivity contribution in [3.8, 4) is 0 Å². The van der Waals surface area contributed by atoms with E-state index in [0.717, 1.165) is 18.4 Å². The molecule has 0 unspecified atom stereocenters. The third kappa shape index (κ3) is 1.64. The summed E-state index contributed by atoms with van der Waals surface area (Å²) in [6, 6.07) is 0. The van der Waals surface area contributed by atoms with E-state index in [1.165, 1.54) is 6.33 Å². The first kappa shape index (κ1) is 8.10. The van der Waals surface area contributed by atoms with Crippen molar-refractivity contribution >= 4 is 11.4 Å². The lowest BCUT2D eigenvalue weighted by atomic mass is 10.0. The molecular weight excluding hydrogens is 164 g/mol. The first-order chi connectivity index (χ1) is 6.29. The number of hydrogen-bond acceptors (Lipinski definition) is 3. The van der Waals surface area contributed by atoms with Gasteiger partial charge in [0, 0.05) is 29.4 Å². The van der Waals surface area contributed by atoms with Gasteiger partial charge in [0.25, 0.3) is 0 Å². The summed E-state index contributed by atoms with van der Waals surface area (Å²) in [5, 5.41) is 0. The van der Waals surface area contributed by atoms with Crippen LogP contribution in [0.2, 0.25) is 0 Å². The summed E-state index contributed by atoms with van der Waals surface area (Å²) in [6.45, 7) is 3.76. The number of nitrogens with zero attached hydrogens (tertiary/aromatic N) is 2. The Morgan fingerprint density at radius 3 is 2.54 bits per heavy atom. The van der Waals surface area contributed by atoms with E-state index in [1.54, 1.807) is 12.4 Å². The SMILES string of the molecule is C=C(C(=O)C1CC1)c1cncnc1. The van der Waals surface area contributed by atoms with Gasteiger partial charge in [0.2, 0.25) is 0 Å². The lowest BCUT2D eigenvalue weighted by molar-refractivity contribution is -0.114. The molecule has 13 heavy (non-hydrogen) atoms. The summed E-state index contributed by atoms with van der Waals surface area (Å²) in [4.78, 5) is 19.2. The fraction of sp³-hybridized carbons (Fsp3) is 0.300. The zero-order valence-corrected chi connectivity index (χ0v) is 7.23. The Bertz CT molecular complexity index is 341. The van der Waals surface area contributed by atoms with E-state index in [1.807, 2.05) is 0 Å². The molecule has 66 valence electrons. The van der Waals surface area contributed by atoms with Crippen molar-refractivity contribution in [2.45, 2.75) is 12.8 Å². The Morgan fingerprint density at radius 1 is 1.38 bits per heavy atom. The summed E-state index contributed by atoms with van der Waals surface area (Å²) in [5.74, 6) is 0.363. The second-order valence-electron chi connectivity index (χ2n) is 3.24. The second kappa shape index (κ2) is 3.09. The van der Waals surface area contributed by atoms with Gasteiger partial charge in [-0.15, -0.1) is 0 Å². The van der Waals surface area contributed by atoms with Crippen LogP contribution in [0.3, 0.4) is 0 Å². The molecule has 3 heteroatoms. The van der Waals surface area contributed by atoms with Crippen molar-refractivity contribution in [3.63, 3.8) is 0 Å². The smallest absolute Gasteiger partial charge is 0.166 e. The number of carbonyl (C=O) groups excluding carboxylic acids is 1. The van der Waals surface area contributed by atoms with Gasteiger partial charge in [0.15, 0.2) is 5.78 Å². The van der Waals surface area contributed by atoms with Gasteiger partial charge in [-0.2, -0.15) is 0 Å². The molecule has 1 saturated carbocycles. The molecule has 1 fully saturated rings. The predicted molar refractivity (Wildman–Crippen MR) is 48.8 cm³/mol. The Labute approximate surface area is 76.5 Å². The molecule has 0 bridgehead atoms. The molecular formula is C10H10N2O. The summed E-state index contributed by atoms with van der Waals surface area (Å²) in [6.07, 6.45) is 6.70. The largest absolute Gasteiger partial charge is 0.294 e. The van der Waals surface area contributed by atoms with E-state index in [2.05, 4.69) is 16.5 Å². The summed E-state index contributed by atoms with van der Waals surface area (Å²) in [5.41, 5.74) is 1.28. The lowest BCUT2D eigenvalue weighted by Gasteiger charge is -2.01. The first-order valence-corrected chi connectivity index (χ1v) is 4.27. The fourth-order valence-electron chi connectivity index (χ4n) is 1.19. The van der Waals surface area contributed by atoms with E-state index in [-0.39, 0.29) is 11.7 Å². The second-order valence-corrected chi connectivity index (χ2v) is 3.24. The number of Topliss-reactive ketones (excluding diaryl/α,β-unsaturated/α-hetero) is 1. The number of ketones is 1. The van der Waals surface area contributed by atoms with Crippen molar-refractivity contribution in [1.82, 2.24) is 9.97 Å². The molecule has 2 rings (SSSR count). The highest BCUT2D eigenvalue weighted by Crippen LogP contribution is 2.34. The van der Waals surface area contributed by atoms with E-state index in [9.17, 15) is 4.79 Å². The van der Waals surface area contributed by atoms with Gasteiger partial charge in [0.1, 0.15) is 6.33 Å². The van der Waals surface area contributed by atoms with Gasteiger partial charge < -0.3 is 0 Å². The highest BCUT2D eigenvalue weighted by molar-refractivity contribution is 6.21. The van der Waals surface area contributed by atoms with Crippen molar-refractivity contribution in [2.75, 3.05) is 0 Å². The van der Waals surface area contributed by atoms with Crippen molar-refractivity contribution in [2.24, 2.45) is 5.92 Å². The maximum absolute atomic E-state index is 11.6. The van der Waals surface area contributed by atoms with Gasteiger partial charge in [-0.3, -0.25) is 4.79 Å². The Hall–Kier alpha value is -1.51. The Kier molecular flexibility index (Phi) is 1.93. The van der Waals surface area contributed by atoms with Gasteiger partial charge in [-0.25, -0.2) is 9.97 Å². The molecule has 0 N–H and O–H groups in total. The van der Waals surface area contributed by atoms with Crippen LogP contribution in [0.5, 0.6) is 0 Å².